The third-order valence-corrected chi connectivity index (χ3v) is 10.2. The van der Waals surface area contributed by atoms with Gasteiger partial charge in [-0.1, -0.05) is 19.9 Å². The van der Waals surface area contributed by atoms with Crippen molar-refractivity contribution < 1.29 is 9.53 Å². The molecule has 2 aromatic carbocycles. The number of ketones is 1. The molecule has 0 saturated carbocycles. The highest BCUT2D eigenvalue weighted by Gasteiger charge is 2.67. The highest BCUT2D eigenvalue weighted by molar-refractivity contribution is 9.13. The Balaban J connectivity index is 1.78. The van der Waals surface area contributed by atoms with Crippen LogP contribution in [0.1, 0.15) is 49.7 Å². The van der Waals surface area contributed by atoms with E-state index in [0.717, 1.165) is 31.5 Å². The minimum absolute atomic E-state index is 0.00736. The first kappa shape index (κ1) is 24.9. The van der Waals surface area contributed by atoms with Gasteiger partial charge in [-0.25, -0.2) is 4.99 Å². The number of nitriles is 2. The highest BCUT2D eigenvalue weighted by atomic mass is 79.9. The van der Waals surface area contributed by atoms with Crippen LogP contribution < -0.4 is 15.4 Å². The first-order valence-corrected chi connectivity index (χ1v) is 13.8. The van der Waals surface area contributed by atoms with Crippen molar-refractivity contribution in [2.75, 3.05) is 12.0 Å². The van der Waals surface area contributed by atoms with Crippen molar-refractivity contribution in [3.63, 3.8) is 0 Å². The number of benzene rings is 2. The Morgan fingerprint density at radius 3 is 2.45 bits per heavy atom. The molecule has 9 heteroatoms. The number of nitrogens with two attached hydrogens (primary N) is 1. The molecule has 2 aromatic rings. The molecule has 2 aliphatic heterocycles. The van der Waals surface area contributed by atoms with E-state index in [-0.39, 0.29) is 22.6 Å². The van der Waals surface area contributed by atoms with Crippen LogP contribution in [0.2, 0.25) is 0 Å². The zero-order valence-electron chi connectivity index (χ0n) is 21.0. The van der Waals surface area contributed by atoms with Gasteiger partial charge in [0.05, 0.1) is 24.8 Å². The number of allylic oxidation sites excluding steroid dienone is 3. The van der Waals surface area contributed by atoms with Crippen LogP contribution in [-0.2, 0) is 4.79 Å². The quantitative estimate of drug-likeness (QED) is 0.423. The number of methoxy groups -OCH3 is 1. The van der Waals surface area contributed by atoms with Crippen molar-refractivity contribution in [2.45, 2.75) is 38.5 Å². The Bertz CT molecular complexity index is 1620. The maximum atomic E-state index is 14.1. The molecule has 0 fully saturated rings. The van der Waals surface area contributed by atoms with E-state index in [9.17, 15) is 15.3 Å². The molecule has 0 radical (unpaired) electrons. The Hall–Kier alpha value is -3.40. The molecule has 0 saturated heterocycles. The highest BCUT2D eigenvalue weighted by Crippen LogP contribution is 2.68. The van der Waals surface area contributed by atoms with Crippen LogP contribution in [0.5, 0.6) is 5.75 Å². The van der Waals surface area contributed by atoms with E-state index in [1.165, 1.54) is 0 Å². The summed E-state index contributed by atoms with van der Waals surface area (Å²) < 4.78 is 6.95. The number of Topliss-reactive ketones (excluding diaryl/α,β-unsaturated/α-hetero) is 1. The van der Waals surface area contributed by atoms with E-state index in [1.54, 1.807) is 7.11 Å². The Morgan fingerprint density at radius 2 is 1.82 bits per heavy atom. The second-order valence-electron chi connectivity index (χ2n) is 10.9. The summed E-state index contributed by atoms with van der Waals surface area (Å²) in [5.41, 5.74) is 8.89. The molecule has 6 rings (SSSR count). The number of hydrogen-bond acceptors (Lipinski definition) is 7. The van der Waals surface area contributed by atoms with Crippen molar-refractivity contribution in [2.24, 2.45) is 21.6 Å². The van der Waals surface area contributed by atoms with E-state index >= 15 is 0 Å². The van der Waals surface area contributed by atoms with Crippen molar-refractivity contribution in [1.29, 1.82) is 10.5 Å². The zero-order valence-corrected chi connectivity index (χ0v) is 24.1. The first-order chi connectivity index (χ1) is 18.1. The number of carbonyl (C=O) groups is 1. The summed E-state index contributed by atoms with van der Waals surface area (Å²) in [6.45, 7) is 4.16. The molecule has 0 aromatic heterocycles. The fraction of sp³-hybridized carbons (Fsp3) is 0.310. The van der Waals surface area contributed by atoms with E-state index in [0.29, 0.717) is 30.0 Å². The molecule has 2 N–H and O–H groups in total. The van der Waals surface area contributed by atoms with Gasteiger partial charge in [0.1, 0.15) is 22.8 Å². The van der Waals surface area contributed by atoms with Gasteiger partial charge < -0.3 is 15.4 Å². The second-order valence-corrected chi connectivity index (χ2v) is 12.5. The second kappa shape index (κ2) is 8.30. The number of rotatable bonds is 2. The van der Waals surface area contributed by atoms with Gasteiger partial charge in [0.25, 0.3) is 0 Å². The average Bonchev–Trinajstić information content (AvgIpc) is 3.18. The molecular weight excluding hydrogens is 610 g/mol. The van der Waals surface area contributed by atoms with Gasteiger partial charge in [0.2, 0.25) is 0 Å². The fourth-order valence-electron chi connectivity index (χ4n) is 6.70. The summed E-state index contributed by atoms with van der Waals surface area (Å²) in [6, 6.07) is 16.1. The lowest BCUT2D eigenvalue weighted by Crippen LogP contribution is -2.56. The SMILES string of the molecule is COc1ccc(N2C3=NC(N)=C(C#N)[C@H]4c5ccc(Br)c(Br)c5[C@@H](C5=C2CC(C)(C)CC5=O)[C@@]34C#N)cc1. The van der Waals surface area contributed by atoms with Gasteiger partial charge in [0.15, 0.2) is 5.78 Å². The van der Waals surface area contributed by atoms with E-state index < -0.39 is 17.3 Å². The zero-order chi connectivity index (χ0) is 27.1. The lowest BCUT2D eigenvalue weighted by Gasteiger charge is -2.51. The molecule has 0 bridgehead atoms. The van der Waals surface area contributed by atoms with E-state index in [4.69, 9.17) is 15.5 Å². The summed E-state index contributed by atoms with van der Waals surface area (Å²) in [5, 5.41) is 21.3. The van der Waals surface area contributed by atoms with Crippen LogP contribution in [-0.4, -0.2) is 18.7 Å². The van der Waals surface area contributed by atoms with Crippen LogP contribution in [0.4, 0.5) is 5.69 Å². The van der Waals surface area contributed by atoms with Crippen LogP contribution in [0, 0.1) is 33.5 Å². The number of hydrogen-bond donors (Lipinski definition) is 1. The maximum Gasteiger partial charge on any atom is 0.161 e. The summed E-state index contributed by atoms with van der Waals surface area (Å²) in [6.07, 6.45) is 0.971. The Labute approximate surface area is 237 Å². The molecular formula is C29H23Br2N5O2. The minimum atomic E-state index is -1.34. The van der Waals surface area contributed by atoms with Crippen molar-refractivity contribution in [3.05, 3.63) is 79.1 Å². The smallest absolute Gasteiger partial charge is 0.161 e. The third-order valence-electron chi connectivity index (χ3n) is 8.14. The molecule has 2 aliphatic carbocycles. The van der Waals surface area contributed by atoms with Crippen molar-refractivity contribution >= 4 is 49.2 Å². The number of aliphatic imine (C=N–C) groups is 1. The number of anilines is 1. The van der Waals surface area contributed by atoms with Gasteiger partial charge in [-0.05, 0) is 85.2 Å². The molecule has 4 aliphatic rings. The monoisotopic (exact) mass is 631 g/mol. The number of amidine groups is 1. The predicted molar refractivity (Wildman–Crippen MR) is 150 cm³/mol. The first-order valence-electron chi connectivity index (χ1n) is 12.2. The summed E-state index contributed by atoms with van der Waals surface area (Å²) in [5.74, 6) is -0.0553. The third kappa shape index (κ3) is 3.09. The van der Waals surface area contributed by atoms with Crippen LogP contribution in [0.15, 0.2) is 73.0 Å². The number of carbonyl (C=O) groups excluding carboxylic acids is 1. The van der Waals surface area contributed by atoms with Gasteiger partial charge in [-0.3, -0.25) is 4.79 Å². The van der Waals surface area contributed by atoms with Gasteiger partial charge >= 0.3 is 0 Å². The van der Waals surface area contributed by atoms with Crippen molar-refractivity contribution in [3.8, 4) is 17.9 Å². The molecule has 0 unspecified atom stereocenters. The van der Waals surface area contributed by atoms with Crippen LogP contribution in [0.3, 0.4) is 0 Å². The van der Waals surface area contributed by atoms with Crippen LogP contribution in [0.25, 0.3) is 0 Å². The minimum Gasteiger partial charge on any atom is -0.497 e. The van der Waals surface area contributed by atoms with Gasteiger partial charge in [-0.2, -0.15) is 10.5 Å². The normalized spacial score (nSPS) is 26.7. The lowest BCUT2D eigenvalue weighted by molar-refractivity contribution is -0.118. The van der Waals surface area contributed by atoms with Gasteiger partial charge in [0, 0.05) is 44.2 Å². The van der Waals surface area contributed by atoms with Gasteiger partial charge in [-0.15, -0.1) is 0 Å². The average molecular weight is 633 g/mol. The number of nitrogens with zero attached hydrogens (tertiary/aromatic N) is 4. The molecule has 0 amide bonds. The molecule has 7 nitrogen and oxygen atoms in total. The van der Waals surface area contributed by atoms with Crippen LogP contribution >= 0.6 is 31.9 Å². The Morgan fingerprint density at radius 1 is 1.11 bits per heavy atom. The standard InChI is InChI=1S/C29H23Br2N5O2/c1-28(2)10-19-22(20(37)11-28)24-21-16(8-9-18(30)25(21)31)23-17(12-32)26(34)35-27(29(23,24)13-33)36(19)14-4-6-15(38-3)7-5-14/h4-9,23-24H,10-11,34H2,1-3H3/t23-,24+,29+/m1/s1. The topological polar surface area (TPSA) is 115 Å². The number of ether oxygens (including phenoxy) is 1. The summed E-state index contributed by atoms with van der Waals surface area (Å²) >= 11 is 7.37. The number of fused-ring (bicyclic) bond motifs is 4. The van der Waals surface area contributed by atoms with E-state index in [1.807, 2.05) is 41.3 Å². The summed E-state index contributed by atoms with van der Waals surface area (Å²) in [7, 11) is 1.60. The molecule has 38 heavy (non-hydrogen) atoms. The van der Waals surface area contributed by atoms with E-state index in [2.05, 4.69) is 57.8 Å². The molecule has 190 valence electrons. The fourth-order valence-corrected chi connectivity index (χ4v) is 7.63. The predicted octanol–water partition coefficient (Wildman–Crippen LogP) is 6.18. The summed E-state index contributed by atoms with van der Waals surface area (Å²) in [4.78, 5) is 20.8. The largest absolute Gasteiger partial charge is 0.497 e. The van der Waals surface area contributed by atoms with Crippen molar-refractivity contribution in [1.82, 2.24) is 0 Å². The Kier molecular flexibility index (Phi) is 5.44. The molecule has 3 atom stereocenters. The maximum absolute atomic E-state index is 14.1. The molecule has 0 spiro atoms. The number of halogens is 2. The molecule has 2 heterocycles. The lowest BCUT2D eigenvalue weighted by atomic mass is 9.58.